The molecule has 0 spiro atoms. The van der Waals surface area contributed by atoms with Crippen LogP contribution in [0, 0.1) is 0 Å². The quantitative estimate of drug-likeness (QED) is 0.747. The first-order chi connectivity index (χ1) is 7.50. The number of halogens is 1. The molecule has 1 amide bonds. The lowest BCUT2D eigenvalue weighted by Crippen LogP contribution is -2.25. The van der Waals surface area contributed by atoms with E-state index in [1.807, 2.05) is 0 Å². The average molecular weight is 246 g/mol. The molecule has 0 aliphatic heterocycles. The summed E-state index contributed by atoms with van der Waals surface area (Å²) < 4.78 is 1.44. The summed E-state index contributed by atoms with van der Waals surface area (Å²) in [5, 5.41) is 15.1. The number of aromatic nitrogens is 2. The summed E-state index contributed by atoms with van der Waals surface area (Å²) in [7, 11) is 1.66. The molecule has 1 aromatic heterocycles. The van der Waals surface area contributed by atoms with Crippen LogP contribution < -0.4 is 5.32 Å². The van der Waals surface area contributed by atoms with Gasteiger partial charge < -0.3 is 10.4 Å². The molecule has 0 atom stereocenters. The number of nitrogens with one attached hydrogen (secondary N) is 1. The molecule has 0 saturated carbocycles. The maximum atomic E-state index is 11.5. The first-order valence-electron chi connectivity index (χ1n) is 4.70. The van der Waals surface area contributed by atoms with Crippen molar-refractivity contribution in [3.8, 4) is 0 Å². The summed E-state index contributed by atoms with van der Waals surface area (Å²) in [6, 6.07) is 0. The Morgan fingerprint density at radius 3 is 2.81 bits per heavy atom. The van der Waals surface area contributed by atoms with Gasteiger partial charge in [0.25, 0.3) is 5.91 Å². The van der Waals surface area contributed by atoms with Gasteiger partial charge in [-0.3, -0.25) is 14.3 Å². The van der Waals surface area contributed by atoms with Crippen LogP contribution >= 0.6 is 11.6 Å². The summed E-state index contributed by atoms with van der Waals surface area (Å²) in [5.41, 5.74) is 0.152. The fourth-order valence-electron chi connectivity index (χ4n) is 1.14. The van der Waals surface area contributed by atoms with Gasteiger partial charge in [0, 0.05) is 26.2 Å². The van der Waals surface area contributed by atoms with E-state index in [2.05, 4.69) is 10.4 Å². The number of aliphatic carboxylic acids is 1. The van der Waals surface area contributed by atoms with Gasteiger partial charge in [0.1, 0.15) is 0 Å². The number of carboxylic acid groups (broad SMARTS) is 1. The number of carboxylic acids is 1. The molecule has 0 aliphatic rings. The van der Waals surface area contributed by atoms with Crippen molar-refractivity contribution in [2.24, 2.45) is 7.05 Å². The third-order valence-electron chi connectivity index (χ3n) is 1.85. The molecule has 0 unspecified atom stereocenters. The molecule has 0 aliphatic carbocycles. The molecule has 88 valence electrons. The van der Waals surface area contributed by atoms with Gasteiger partial charge in [-0.1, -0.05) is 11.6 Å². The molecule has 1 rings (SSSR count). The molecule has 16 heavy (non-hydrogen) atoms. The Kier molecular flexibility index (Phi) is 4.30. The van der Waals surface area contributed by atoms with Gasteiger partial charge >= 0.3 is 5.97 Å². The van der Waals surface area contributed by atoms with Crippen LogP contribution in [0.15, 0.2) is 6.20 Å². The molecule has 1 aromatic rings. The first kappa shape index (κ1) is 12.5. The number of hydrogen-bond acceptors (Lipinski definition) is 3. The van der Waals surface area contributed by atoms with E-state index in [0.717, 1.165) is 0 Å². The monoisotopic (exact) mass is 245 g/mol. The second kappa shape index (κ2) is 5.50. The Bertz CT molecular complexity index is 403. The van der Waals surface area contributed by atoms with Crippen LogP contribution in [0.25, 0.3) is 0 Å². The second-order valence-electron chi connectivity index (χ2n) is 3.25. The molecule has 0 saturated heterocycles. The highest BCUT2D eigenvalue weighted by atomic mass is 35.5. The zero-order chi connectivity index (χ0) is 12.1. The third-order valence-corrected chi connectivity index (χ3v) is 2.13. The van der Waals surface area contributed by atoms with E-state index in [1.165, 1.54) is 10.9 Å². The van der Waals surface area contributed by atoms with Gasteiger partial charge in [-0.05, 0) is 6.42 Å². The van der Waals surface area contributed by atoms with Crippen LogP contribution in [-0.2, 0) is 11.8 Å². The number of carbonyl (C=O) groups is 2. The van der Waals surface area contributed by atoms with Crippen LogP contribution in [0.4, 0.5) is 0 Å². The van der Waals surface area contributed by atoms with Gasteiger partial charge in [-0.15, -0.1) is 0 Å². The minimum atomic E-state index is -0.884. The van der Waals surface area contributed by atoms with Crippen molar-refractivity contribution in [3.63, 3.8) is 0 Å². The molecule has 2 N–H and O–H groups in total. The van der Waals surface area contributed by atoms with Crippen LogP contribution in [0.3, 0.4) is 0 Å². The largest absolute Gasteiger partial charge is 0.481 e. The zero-order valence-corrected chi connectivity index (χ0v) is 9.49. The Morgan fingerprint density at radius 1 is 1.62 bits per heavy atom. The molecule has 0 aromatic carbocycles. The molecule has 0 fully saturated rings. The smallest absolute Gasteiger partial charge is 0.303 e. The van der Waals surface area contributed by atoms with Crippen molar-refractivity contribution in [2.75, 3.05) is 6.54 Å². The van der Waals surface area contributed by atoms with Gasteiger partial charge in [0.2, 0.25) is 0 Å². The SMILES string of the molecule is Cn1cc(Cl)c(C(=O)NCCCC(=O)O)n1. The van der Waals surface area contributed by atoms with Gasteiger partial charge in [0.05, 0.1) is 5.02 Å². The maximum absolute atomic E-state index is 11.5. The third kappa shape index (κ3) is 3.54. The van der Waals surface area contributed by atoms with E-state index in [1.54, 1.807) is 7.05 Å². The number of hydrogen-bond donors (Lipinski definition) is 2. The van der Waals surface area contributed by atoms with Gasteiger partial charge in [-0.2, -0.15) is 5.10 Å². The van der Waals surface area contributed by atoms with Crippen molar-refractivity contribution >= 4 is 23.5 Å². The second-order valence-corrected chi connectivity index (χ2v) is 3.66. The fourth-order valence-corrected chi connectivity index (χ4v) is 1.40. The predicted molar refractivity (Wildman–Crippen MR) is 57.4 cm³/mol. The number of amides is 1. The predicted octanol–water partition coefficient (Wildman–Crippen LogP) is 0.668. The van der Waals surface area contributed by atoms with E-state index in [0.29, 0.717) is 6.42 Å². The zero-order valence-electron chi connectivity index (χ0n) is 8.73. The fraction of sp³-hybridized carbons (Fsp3) is 0.444. The summed E-state index contributed by atoms with van der Waals surface area (Å²) in [4.78, 5) is 21.7. The molecular formula is C9H12ClN3O3. The van der Waals surface area contributed by atoms with Crippen LogP contribution in [0.5, 0.6) is 0 Å². The summed E-state index contributed by atoms with van der Waals surface area (Å²) in [5.74, 6) is -1.28. The lowest BCUT2D eigenvalue weighted by Gasteiger charge is -2.01. The summed E-state index contributed by atoms with van der Waals surface area (Å²) in [6.07, 6.45) is 1.93. The number of carbonyl (C=O) groups excluding carboxylic acids is 1. The molecule has 0 radical (unpaired) electrons. The Labute approximate surface area is 97.2 Å². The highest BCUT2D eigenvalue weighted by Gasteiger charge is 2.13. The van der Waals surface area contributed by atoms with Crippen molar-refractivity contribution in [1.29, 1.82) is 0 Å². The highest BCUT2D eigenvalue weighted by Crippen LogP contribution is 2.12. The first-order valence-corrected chi connectivity index (χ1v) is 5.07. The minimum Gasteiger partial charge on any atom is -0.481 e. The van der Waals surface area contributed by atoms with Crippen molar-refractivity contribution in [2.45, 2.75) is 12.8 Å². The normalized spacial score (nSPS) is 10.1. The van der Waals surface area contributed by atoms with Crippen LogP contribution in [0.1, 0.15) is 23.3 Å². The Balaban J connectivity index is 2.41. The van der Waals surface area contributed by atoms with E-state index in [-0.39, 0.29) is 23.7 Å². The number of rotatable bonds is 5. The summed E-state index contributed by atoms with van der Waals surface area (Å²) in [6.45, 7) is 0.290. The maximum Gasteiger partial charge on any atom is 0.303 e. The Morgan fingerprint density at radius 2 is 2.31 bits per heavy atom. The van der Waals surface area contributed by atoms with E-state index >= 15 is 0 Å². The standard InChI is InChI=1S/C9H12ClN3O3/c1-13-5-6(10)8(12-13)9(16)11-4-2-3-7(14)15/h5H,2-4H2,1H3,(H,11,16)(H,14,15). The van der Waals surface area contributed by atoms with Crippen molar-refractivity contribution < 1.29 is 14.7 Å². The van der Waals surface area contributed by atoms with E-state index in [9.17, 15) is 9.59 Å². The molecule has 7 heteroatoms. The minimum absolute atomic E-state index is 0.0240. The molecule has 0 bridgehead atoms. The topological polar surface area (TPSA) is 84.2 Å². The lowest BCUT2D eigenvalue weighted by molar-refractivity contribution is -0.137. The molecular weight excluding hydrogens is 234 g/mol. The van der Waals surface area contributed by atoms with E-state index < -0.39 is 11.9 Å². The highest BCUT2D eigenvalue weighted by molar-refractivity contribution is 6.33. The number of nitrogens with zero attached hydrogens (tertiary/aromatic N) is 2. The average Bonchev–Trinajstić information content (AvgIpc) is 2.52. The number of aryl methyl sites for hydroxylation is 1. The van der Waals surface area contributed by atoms with Gasteiger partial charge in [-0.25, -0.2) is 0 Å². The lowest BCUT2D eigenvalue weighted by atomic mass is 10.3. The van der Waals surface area contributed by atoms with E-state index in [4.69, 9.17) is 16.7 Å². The van der Waals surface area contributed by atoms with Crippen LogP contribution in [0.2, 0.25) is 5.02 Å². The van der Waals surface area contributed by atoms with Gasteiger partial charge in [0.15, 0.2) is 5.69 Å². The molecule has 6 nitrogen and oxygen atoms in total. The summed E-state index contributed by atoms with van der Waals surface area (Å²) >= 11 is 5.76. The van der Waals surface area contributed by atoms with Crippen molar-refractivity contribution in [3.05, 3.63) is 16.9 Å². The van der Waals surface area contributed by atoms with Crippen LogP contribution in [-0.4, -0.2) is 33.3 Å². The molecule has 1 heterocycles. The Hall–Kier alpha value is -1.56. The van der Waals surface area contributed by atoms with Crippen molar-refractivity contribution in [1.82, 2.24) is 15.1 Å².